The number of carbonyl (C=O) groups excluding carboxylic acids is 2. The molecule has 1 aliphatic heterocycles. The van der Waals surface area contributed by atoms with Gasteiger partial charge in [0.2, 0.25) is 5.91 Å². The predicted molar refractivity (Wildman–Crippen MR) is 133 cm³/mol. The third kappa shape index (κ3) is 5.37. The first-order chi connectivity index (χ1) is 16.9. The van der Waals surface area contributed by atoms with E-state index >= 15 is 0 Å². The van der Waals surface area contributed by atoms with Crippen molar-refractivity contribution in [3.8, 4) is 16.9 Å². The van der Waals surface area contributed by atoms with Crippen molar-refractivity contribution in [1.29, 1.82) is 0 Å². The summed E-state index contributed by atoms with van der Waals surface area (Å²) in [6, 6.07) is 15.7. The fourth-order valence-electron chi connectivity index (χ4n) is 4.21. The molecule has 0 radical (unpaired) electrons. The van der Waals surface area contributed by atoms with Gasteiger partial charge in [-0.05, 0) is 49.7 Å². The van der Waals surface area contributed by atoms with Crippen LogP contribution in [0.25, 0.3) is 16.9 Å². The normalized spacial score (nSPS) is 14.6. The van der Waals surface area contributed by atoms with Crippen LogP contribution in [0.1, 0.15) is 37.7 Å². The third-order valence-corrected chi connectivity index (χ3v) is 6.40. The minimum Gasteiger partial charge on any atom is -0.461 e. The van der Waals surface area contributed by atoms with E-state index < -0.39 is 5.97 Å². The molecule has 0 bridgehead atoms. The molecule has 7 nitrogen and oxygen atoms in total. The molecule has 1 saturated heterocycles. The number of piperazine rings is 1. The first-order valence-electron chi connectivity index (χ1n) is 12.1. The Hall–Kier alpha value is -3.68. The van der Waals surface area contributed by atoms with Crippen LogP contribution in [0.15, 0.2) is 54.6 Å². The molecule has 184 valence electrons. The number of carbonyl (C=O) groups is 2. The number of benzene rings is 2. The summed E-state index contributed by atoms with van der Waals surface area (Å²) in [6.07, 6.45) is 0.852. The minimum atomic E-state index is -0.523. The Balaban J connectivity index is 1.56. The second kappa shape index (κ2) is 10.7. The highest BCUT2D eigenvalue weighted by molar-refractivity contribution is 5.89. The molecule has 2 aromatic carbocycles. The Labute approximate surface area is 205 Å². The Kier molecular flexibility index (Phi) is 7.48. The van der Waals surface area contributed by atoms with Crippen molar-refractivity contribution in [2.24, 2.45) is 5.92 Å². The van der Waals surface area contributed by atoms with Gasteiger partial charge in [-0.1, -0.05) is 32.0 Å². The van der Waals surface area contributed by atoms with Gasteiger partial charge in [0, 0.05) is 43.3 Å². The maximum Gasteiger partial charge on any atom is 0.358 e. The second-order valence-corrected chi connectivity index (χ2v) is 8.70. The topological polar surface area (TPSA) is 67.7 Å². The van der Waals surface area contributed by atoms with E-state index in [1.807, 2.05) is 43.0 Å². The molecule has 4 rings (SSSR count). The van der Waals surface area contributed by atoms with Gasteiger partial charge >= 0.3 is 5.97 Å². The molecule has 0 saturated carbocycles. The number of amides is 1. The van der Waals surface area contributed by atoms with E-state index in [2.05, 4.69) is 10.00 Å². The largest absolute Gasteiger partial charge is 0.461 e. The lowest BCUT2D eigenvalue weighted by molar-refractivity contribution is -0.135. The summed E-state index contributed by atoms with van der Waals surface area (Å²) < 4.78 is 20.6. The van der Waals surface area contributed by atoms with Crippen LogP contribution in [-0.4, -0.2) is 59.3 Å². The SMILES string of the molecule is CCOC(=O)c1cc(-c2ccc(N3CCN(C(=O)C(C)CC)CC3)cc2)n(-c2cccc(F)c2)n1. The van der Waals surface area contributed by atoms with Crippen LogP contribution in [0.2, 0.25) is 0 Å². The zero-order chi connectivity index (χ0) is 24.9. The van der Waals surface area contributed by atoms with Gasteiger partial charge in [-0.15, -0.1) is 0 Å². The number of anilines is 1. The molecule has 0 spiro atoms. The van der Waals surface area contributed by atoms with Gasteiger partial charge in [-0.2, -0.15) is 5.10 Å². The average Bonchev–Trinajstić information content (AvgIpc) is 3.34. The van der Waals surface area contributed by atoms with Gasteiger partial charge in [0.1, 0.15) is 5.82 Å². The quantitative estimate of drug-likeness (QED) is 0.466. The van der Waals surface area contributed by atoms with Gasteiger partial charge < -0.3 is 14.5 Å². The van der Waals surface area contributed by atoms with Crippen molar-refractivity contribution in [3.63, 3.8) is 0 Å². The van der Waals surface area contributed by atoms with Crippen molar-refractivity contribution in [1.82, 2.24) is 14.7 Å². The smallest absolute Gasteiger partial charge is 0.358 e. The fraction of sp³-hybridized carbons (Fsp3) is 0.370. The van der Waals surface area contributed by atoms with Crippen molar-refractivity contribution in [2.45, 2.75) is 27.2 Å². The molecule has 2 heterocycles. The predicted octanol–water partition coefficient (Wildman–Crippen LogP) is 4.55. The zero-order valence-electron chi connectivity index (χ0n) is 20.4. The van der Waals surface area contributed by atoms with Gasteiger partial charge in [-0.3, -0.25) is 4.79 Å². The third-order valence-electron chi connectivity index (χ3n) is 6.40. The monoisotopic (exact) mass is 478 g/mol. The molecular formula is C27H31FN4O3. The van der Waals surface area contributed by atoms with E-state index in [9.17, 15) is 14.0 Å². The van der Waals surface area contributed by atoms with Crippen LogP contribution in [0.5, 0.6) is 0 Å². The molecule has 8 heteroatoms. The van der Waals surface area contributed by atoms with Crippen molar-refractivity contribution in [3.05, 3.63) is 66.1 Å². The van der Waals surface area contributed by atoms with Gasteiger partial charge in [0.15, 0.2) is 5.69 Å². The van der Waals surface area contributed by atoms with E-state index in [1.165, 1.54) is 12.1 Å². The van der Waals surface area contributed by atoms with Crippen LogP contribution < -0.4 is 4.90 Å². The molecule has 1 atom stereocenters. The minimum absolute atomic E-state index is 0.0586. The summed E-state index contributed by atoms with van der Waals surface area (Å²) in [5.41, 5.74) is 3.24. The van der Waals surface area contributed by atoms with E-state index in [-0.39, 0.29) is 29.9 Å². The highest BCUT2D eigenvalue weighted by Crippen LogP contribution is 2.28. The Bertz CT molecular complexity index is 1180. The highest BCUT2D eigenvalue weighted by atomic mass is 19.1. The number of halogens is 1. The summed E-state index contributed by atoms with van der Waals surface area (Å²) in [5, 5.41) is 4.40. The Morgan fingerprint density at radius 3 is 2.34 bits per heavy atom. The summed E-state index contributed by atoms with van der Waals surface area (Å²) in [7, 11) is 0. The standard InChI is InChI=1S/C27H31FN4O3/c1-4-19(3)26(33)31-15-13-30(14-16-31)22-11-9-20(10-12-22)25-18-24(27(34)35-5-2)29-32(25)23-8-6-7-21(28)17-23/h6-12,17-19H,4-5,13-16H2,1-3H3. The summed E-state index contributed by atoms with van der Waals surface area (Å²) >= 11 is 0. The number of nitrogens with zero attached hydrogens (tertiary/aromatic N) is 4. The highest BCUT2D eigenvalue weighted by Gasteiger charge is 2.24. The molecule has 1 aliphatic rings. The second-order valence-electron chi connectivity index (χ2n) is 8.70. The number of esters is 1. The number of aromatic nitrogens is 2. The van der Waals surface area contributed by atoms with Crippen LogP contribution >= 0.6 is 0 Å². The lowest BCUT2D eigenvalue weighted by atomic mass is 10.1. The molecule has 1 amide bonds. The molecular weight excluding hydrogens is 447 g/mol. The number of hydrogen-bond donors (Lipinski definition) is 0. The molecule has 35 heavy (non-hydrogen) atoms. The lowest BCUT2D eigenvalue weighted by Crippen LogP contribution is -2.50. The molecule has 3 aromatic rings. The number of hydrogen-bond acceptors (Lipinski definition) is 5. The fourth-order valence-corrected chi connectivity index (χ4v) is 4.21. The van der Waals surface area contributed by atoms with Crippen LogP contribution in [-0.2, 0) is 9.53 Å². The number of rotatable bonds is 7. The Morgan fingerprint density at radius 2 is 1.71 bits per heavy atom. The molecule has 1 fully saturated rings. The Morgan fingerprint density at radius 1 is 1.00 bits per heavy atom. The van der Waals surface area contributed by atoms with Gasteiger partial charge in [-0.25, -0.2) is 13.9 Å². The van der Waals surface area contributed by atoms with Crippen LogP contribution in [0.4, 0.5) is 10.1 Å². The molecule has 0 N–H and O–H groups in total. The first kappa shape index (κ1) is 24.4. The van der Waals surface area contributed by atoms with Crippen molar-refractivity contribution in [2.75, 3.05) is 37.7 Å². The summed E-state index contributed by atoms with van der Waals surface area (Å²) in [4.78, 5) is 29.0. The maximum absolute atomic E-state index is 13.9. The van der Waals surface area contributed by atoms with Gasteiger partial charge in [0.05, 0.1) is 18.0 Å². The van der Waals surface area contributed by atoms with Crippen LogP contribution in [0, 0.1) is 11.7 Å². The first-order valence-corrected chi connectivity index (χ1v) is 12.1. The van der Waals surface area contributed by atoms with E-state index in [1.54, 1.807) is 29.8 Å². The van der Waals surface area contributed by atoms with E-state index in [0.29, 0.717) is 24.5 Å². The zero-order valence-corrected chi connectivity index (χ0v) is 20.4. The maximum atomic E-state index is 13.9. The number of ether oxygens (including phenoxy) is 1. The van der Waals surface area contributed by atoms with Crippen LogP contribution in [0.3, 0.4) is 0 Å². The summed E-state index contributed by atoms with van der Waals surface area (Å²) in [6.45, 7) is 8.96. The lowest BCUT2D eigenvalue weighted by Gasteiger charge is -2.37. The van der Waals surface area contributed by atoms with Crippen molar-refractivity contribution < 1.29 is 18.7 Å². The molecule has 1 unspecified atom stereocenters. The van der Waals surface area contributed by atoms with E-state index in [4.69, 9.17) is 4.74 Å². The molecule has 1 aromatic heterocycles. The summed E-state index contributed by atoms with van der Waals surface area (Å²) in [5.74, 6) is -0.623. The van der Waals surface area contributed by atoms with E-state index in [0.717, 1.165) is 30.8 Å². The molecule has 0 aliphatic carbocycles. The van der Waals surface area contributed by atoms with Gasteiger partial charge in [0.25, 0.3) is 0 Å². The average molecular weight is 479 g/mol. The van der Waals surface area contributed by atoms with Crippen molar-refractivity contribution >= 4 is 17.6 Å².